The van der Waals surface area contributed by atoms with Crippen molar-refractivity contribution in [1.29, 1.82) is 0 Å². The van der Waals surface area contributed by atoms with E-state index in [1.807, 2.05) is 13.8 Å². The molecule has 1 rings (SSSR count). The van der Waals surface area contributed by atoms with Gasteiger partial charge in [0.25, 0.3) is 0 Å². The van der Waals surface area contributed by atoms with Crippen molar-refractivity contribution in [3.63, 3.8) is 0 Å². The summed E-state index contributed by atoms with van der Waals surface area (Å²) in [4.78, 5) is 24.7. The summed E-state index contributed by atoms with van der Waals surface area (Å²) in [6, 6.07) is 4.86. The second kappa shape index (κ2) is 7.85. The van der Waals surface area contributed by atoms with E-state index in [-0.39, 0.29) is 19.0 Å². The average Bonchev–Trinajstić information content (AvgIpc) is 2.31. The maximum absolute atomic E-state index is 12.0. The monoisotopic (exact) mass is 312 g/mol. The molecule has 7 heteroatoms. The number of benzene rings is 1. The fourth-order valence-electron chi connectivity index (χ4n) is 1.95. The number of nitrogens with one attached hydrogen (secondary N) is 1. The summed E-state index contributed by atoms with van der Waals surface area (Å²) in [6.07, 6.45) is 0. The van der Waals surface area contributed by atoms with E-state index in [9.17, 15) is 9.59 Å². The summed E-state index contributed by atoms with van der Waals surface area (Å²) < 4.78 is 0. The molecule has 0 aliphatic heterocycles. The van der Waals surface area contributed by atoms with Crippen LogP contribution in [0.25, 0.3) is 0 Å². The van der Waals surface area contributed by atoms with E-state index in [2.05, 4.69) is 5.32 Å². The molecule has 2 amide bonds. The van der Waals surface area contributed by atoms with Crippen LogP contribution in [0, 0.1) is 5.92 Å². The number of nitrogen functional groups attached to an aromatic ring is 1. The fraction of sp³-hybridized carbons (Fsp3) is 0.429. The number of hydrogen-bond donors (Lipinski definition) is 3. The summed E-state index contributed by atoms with van der Waals surface area (Å²) in [6.45, 7) is 4.76. The average molecular weight is 313 g/mol. The normalized spacial score (nSPS) is 10.9. The molecule has 0 saturated heterocycles. The maximum Gasteiger partial charge on any atom is 0.238 e. The molecule has 0 bridgehead atoms. The van der Waals surface area contributed by atoms with Crippen molar-refractivity contribution in [3.8, 4) is 0 Å². The lowest BCUT2D eigenvalue weighted by atomic mass is 10.2. The minimum Gasteiger partial charge on any atom is -0.397 e. The third kappa shape index (κ3) is 6.46. The van der Waals surface area contributed by atoms with E-state index in [0.717, 1.165) is 0 Å². The predicted octanol–water partition coefficient (Wildman–Crippen LogP) is 1.30. The van der Waals surface area contributed by atoms with E-state index in [1.54, 1.807) is 23.1 Å². The van der Waals surface area contributed by atoms with E-state index in [1.165, 1.54) is 0 Å². The molecule has 0 heterocycles. The number of halogens is 1. The van der Waals surface area contributed by atoms with Crippen molar-refractivity contribution in [1.82, 2.24) is 4.90 Å². The Hall–Kier alpha value is -1.79. The van der Waals surface area contributed by atoms with E-state index in [0.29, 0.717) is 28.9 Å². The first kappa shape index (κ1) is 17.3. The van der Waals surface area contributed by atoms with Crippen LogP contribution in [-0.4, -0.2) is 36.3 Å². The zero-order valence-corrected chi connectivity index (χ0v) is 13.0. The molecule has 0 saturated carbocycles. The number of carbonyl (C=O) groups is 2. The van der Waals surface area contributed by atoms with Gasteiger partial charge in [-0.25, -0.2) is 0 Å². The minimum atomic E-state index is -0.459. The highest BCUT2D eigenvalue weighted by Crippen LogP contribution is 2.22. The second-order valence-corrected chi connectivity index (χ2v) is 5.72. The van der Waals surface area contributed by atoms with E-state index < -0.39 is 5.91 Å². The minimum absolute atomic E-state index is 0.0500. The molecule has 0 aliphatic carbocycles. The topological polar surface area (TPSA) is 101 Å². The molecule has 0 fully saturated rings. The molecular weight excluding hydrogens is 292 g/mol. The quantitative estimate of drug-likeness (QED) is 0.660. The van der Waals surface area contributed by atoms with Crippen LogP contribution in [0.4, 0.5) is 11.4 Å². The van der Waals surface area contributed by atoms with Crippen molar-refractivity contribution < 1.29 is 9.59 Å². The van der Waals surface area contributed by atoms with Gasteiger partial charge in [-0.15, -0.1) is 0 Å². The first-order valence-corrected chi connectivity index (χ1v) is 7.01. The Bertz CT molecular complexity index is 520. The van der Waals surface area contributed by atoms with Gasteiger partial charge in [0.15, 0.2) is 0 Å². The summed E-state index contributed by atoms with van der Waals surface area (Å²) in [5, 5.41) is 3.15. The number of nitrogens with two attached hydrogens (primary N) is 2. The number of hydrogen-bond acceptors (Lipinski definition) is 4. The van der Waals surface area contributed by atoms with Crippen molar-refractivity contribution in [3.05, 3.63) is 23.2 Å². The Kier molecular flexibility index (Phi) is 6.45. The molecule has 0 aromatic heterocycles. The standard InChI is InChI=1S/C14H21ClN4O2/c1-9(2)6-19(7-13(17)20)8-14(21)18-10-3-4-11(15)12(16)5-10/h3-5,9H,6-8,16H2,1-2H3,(H2,17,20)(H,18,21). The van der Waals surface area contributed by atoms with Crippen LogP contribution in [0.2, 0.25) is 5.02 Å². The Morgan fingerprint density at radius 1 is 1.33 bits per heavy atom. The number of rotatable bonds is 7. The number of amides is 2. The van der Waals surface area contributed by atoms with Crippen molar-refractivity contribution in [2.45, 2.75) is 13.8 Å². The third-order valence-electron chi connectivity index (χ3n) is 2.65. The molecule has 0 radical (unpaired) electrons. The second-order valence-electron chi connectivity index (χ2n) is 5.31. The lowest BCUT2D eigenvalue weighted by Gasteiger charge is -2.22. The van der Waals surface area contributed by atoms with Gasteiger partial charge in [0.1, 0.15) is 0 Å². The van der Waals surface area contributed by atoms with Crippen LogP contribution in [-0.2, 0) is 9.59 Å². The fourth-order valence-corrected chi connectivity index (χ4v) is 2.06. The SMILES string of the molecule is CC(C)CN(CC(N)=O)CC(=O)Nc1ccc(Cl)c(N)c1. The molecule has 1 aromatic carbocycles. The van der Waals surface area contributed by atoms with Crippen LogP contribution in [0.5, 0.6) is 0 Å². The van der Waals surface area contributed by atoms with Crippen molar-refractivity contribution in [2.75, 3.05) is 30.7 Å². The first-order valence-electron chi connectivity index (χ1n) is 6.63. The van der Waals surface area contributed by atoms with Crippen LogP contribution in [0.1, 0.15) is 13.8 Å². The van der Waals surface area contributed by atoms with Crippen molar-refractivity contribution >= 4 is 34.8 Å². The molecule has 1 aromatic rings. The Morgan fingerprint density at radius 3 is 2.52 bits per heavy atom. The molecule has 0 spiro atoms. The summed E-state index contributed by atoms with van der Waals surface area (Å²) in [5.74, 6) is -0.374. The Labute approximate surface area is 129 Å². The van der Waals surface area contributed by atoms with Crippen LogP contribution >= 0.6 is 11.6 Å². The first-order chi connectivity index (χ1) is 9.77. The third-order valence-corrected chi connectivity index (χ3v) is 2.99. The number of primary amides is 1. The van der Waals surface area contributed by atoms with Gasteiger partial charge in [-0.2, -0.15) is 0 Å². The van der Waals surface area contributed by atoms with Gasteiger partial charge < -0.3 is 16.8 Å². The van der Waals surface area contributed by atoms with Gasteiger partial charge in [0.2, 0.25) is 11.8 Å². The number of nitrogens with zero attached hydrogens (tertiary/aromatic N) is 1. The molecule has 116 valence electrons. The molecule has 0 aliphatic rings. The highest BCUT2D eigenvalue weighted by Gasteiger charge is 2.14. The van der Waals surface area contributed by atoms with Gasteiger partial charge >= 0.3 is 0 Å². The van der Waals surface area contributed by atoms with Gasteiger partial charge in [0, 0.05) is 12.2 Å². The lowest BCUT2D eigenvalue weighted by Crippen LogP contribution is -2.41. The van der Waals surface area contributed by atoms with Crippen LogP contribution in [0.3, 0.4) is 0 Å². The zero-order chi connectivity index (χ0) is 16.0. The molecule has 0 unspecified atom stereocenters. The van der Waals surface area contributed by atoms with Crippen LogP contribution in [0.15, 0.2) is 18.2 Å². The molecule has 5 N–H and O–H groups in total. The summed E-state index contributed by atoms with van der Waals surface area (Å²) in [7, 11) is 0. The van der Waals surface area contributed by atoms with Gasteiger partial charge in [-0.3, -0.25) is 14.5 Å². The van der Waals surface area contributed by atoms with Crippen molar-refractivity contribution in [2.24, 2.45) is 11.7 Å². The van der Waals surface area contributed by atoms with E-state index in [4.69, 9.17) is 23.1 Å². The predicted molar refractivity (Wildman–Crippen MR) is 85.0 cm³/mol. The lowest BCUT2D eigenvalue weighted by molar-refractivity contribution is -0.121. The summed E-state index contributed by atoms with van der Waals surface area (Å²) >= 11 is 5.82. The smallest absolute Gasteiger partial charge is 0.238 e. The summed E-state index contributed by atoms with van der Waals surface area (Å²) in [5.41, 5.74) is 11.8. The van der Waals surface area contributed by atoms with Gasteiger partial charge in [0.05, 0.1) is 23.8 Å². The number of anilines is 2. The molecule has 21 heavy (non-hydrogen) atoms. The molecular formula is C14H21ClN4O2. The Balaban J connectivity index is 2.64. The van der Waals surface area contributed by atoms with E-state index >= 15 is 0 Å². The van der Waals surface area contributed by atoms with Gasteiger partial charge in [-0.05, 0) is 24.1 Å². The molecule has 6 nitrogen and oxygen atoms in total. The molecule has 0 atom stereocenters. The zero-order valence-electron chi connectivity index (χ0n) is 12.2. The highest BCUT2D eigenvalue weighted by atomic mass is 35.5. The van der Waals surface area contributed by atoms with Gasteiger partial charge in [-0.1, -0.05) is 25.4 Å². The highest BCUT2D eigenvalue weighted by molar-refractivity contribution is 6.33. The maximum atomic E-state index is 12.0. The largest absolute Gasteiger partial charge is 0.397 e. The number of carbonyl (C=O) groups excluding carboxylic acids is 2. The Morgan fingerprint density at radius 2 is 2.00 bits per heavy atom. The van der Waals surface area contributed by atoms with Crippen LogP contribution < -0.4 is 16.8 Å².